The maximum atomic E-state index is 12.9. The summed E-state index contributed by atoms with van der Waals surface area (Å²) < 4.78 is 223. The summed E-state index contributed by atoms with van der Waals surface area (Å²) in [4.78, 5) is 48.1. The summed E-state index contributed by atoms with van der Waals surface area (Å²) in [7, 11) is 1.24. The van der Waals surface area contributed by atoms with Gasteiger partial charge in [0.2, 0.25) is 0 Å². The first-order valence-corrected chi connectivity index (χ1v) is 36.3. The minimum Gasteiger partial charge on any atom is -0.469 e. The van der Waals surface area contributed by atoms with Crippen molar-refractivity contribution in [1.82, 2.24) is 0 Å². The molecule has 1 spiro atoms. The van der Waals surface area contributed by atoms with E-state index in [0.717, 1.165) is 77.7 Å². The number of aliphatic hydroxyl groups is 5. The molecule has 8 fully saturated rings. The second-order valence-corrected chi connectivity index (χ2v) is 34.1. The van der Waals surface area contributed by atoms with Crippen molar-refractivity contribution in [2.75, 3.05) is 26.9 Å². The number of rotatable bonds is 23. The Kier molecular flexibility index (Phi) is 28.9. The zero-order chi connectivity index (χ0) is 81.3. The number of methoxy groups -OCH3 is 1. The Morgan fingerprint density at radius 1 is 0.562 bits per heavy atom. The molecule has 0 aromatic heterocycles. The predicted octanol–water partition coefficient (Wildman–Crippen LogP) is 17.7. The third-order valence-corrected chi connectivity index (χ3v) is 24.2. The van der Waals surface area contributed by atoms with E-state index in [9.17, 15) is 111 Å². The van der Waals surface area contributed by atoms with E-state index in [4.69, 9.17) is 23.7 Å². The van der Waals surface area contributed by atoms with Crippen molar-refractivity contribution in [3.05, 3.63) is 35.4 Å². The van der Waals surface area contributed by atoms with Gasteiger partial charge >= 0.3 is 54.8 Å². The largest absolute Gasteiger partial charge is 0.469 e. The van der Waals surface area contributed by atoms with E-state index >= 15 is 0 Å². The first-order valence-electron chi connectivity index (χ1n) is 36.3. The highest BCUT2D eigenvalue weighted by Gasteiger charge is 2.67. The van der Waals surface area contributed by atoms with Crippen LogP contribution in [0.5, 0.6) is 0 Å². The van der Waals surface area contributed by atoms with Crippen LogP contribution in [0, 0.1) is 51.2 Å². The molecule has 16 unspecified atom stereocenters. The monoisotopic (exact) mass is 1540 g/mol. The van der Waals surface area contributed by atoms with E-state index in [2.05, 4.69) is 4.74 Å². The summed E-state index contributed by atoms with van der Waals surface area (Å²) in [6.45, 7) is 25.2. The third kappa shape index (κ3) is 21.9. The fourth-order valence-electron chi connectivity index (χ4n) is 15.8. The van der Waals surface area contributed by atoms with Crippen molar-refractivity contribution in [3.8, 4) is 0 Å². The molecule has 2 saturated heterocycles. The average Bonchev–Trinajstić information content (AvgIpc) is 1.46. The topological polar surface area (TPSA) is 225 Å². The molecule has 30 heteroatoms. The number of alkyl halides is 15. The standard InChI is InChI=1S/C21H33F3O4.C17H25F3O3.C13H17F3O.C12H21F3O4.C12H19F3O3/c1-5-17(2,3)16(25)28-20-11-14-8-15(12-20)10-19(9-14,13-20)27-7-6-18(4,26)21(22,23)24;1-4-14(2)9-16(23-13(14)21)8-11-6-12(16)5-10(11)7-15(3,22)17(18,19)20;1-4-9(2)10-5-7-11(8-6-10)12(3,17)13(14,15)16;1-5-10(2,9(16)18-4)8-19-7-6-11(3,17)12(13,14)15;1-5-9(2)6-10(3,18-8(9)16)7-11(4,17)12(13,14)15/h14-15,26H,5-13H2,1-4H3;10-12,22H,4-9H2,1-3H3;5-9,17H,4H2,1-3H3;17H,5-8H2,1-4H3;17H,5-7H2,1-4H3. The van der Waals surface area contributed by atoms with Crippen LogP contribution >= 0.6 is 0 Å². The van der Waals surface area contributed by atoms with E-state index in [0.29, 0.717) is 76.5 Å². The molecule has 16 atom stereocenters. The van der Waals surface area contributed by atoms with E-state index in [1.165, 1.54) is 26.2 Å². The van der Waals surface area contributed by atoms with Crippen LogP contribution in [-0.4, -0.2) is 152 Å². The minimum atomic E-state index is -4.74. The third-order valence-electron chi connectivity index (χ3n) is 24.2. The number of halogens is 15. The van der Waals surface area contributed by atoms with Crippen molar-refractivity contribution in [2.24, 2.45) is 51.2 Å². The molecule has 1 aromatic rings. The molecule has 2 heterocycles. The van der Waals surface area contributed by atoms with Gasteiger partial charge in [-0.2, -0.15) is 65.9 Å². The number of cyclic esters (lactones) is 1. The van der Waals surface area contributed by atoms with Gasteiger partial charge in [0.15, 0.2) is 28.0 Å². The van der Waals surface area contributed by atoms with Gasteiger partial charge in [0.25, 0.3) is 0 Å². The van der Waals surface area contributed by atoms with Gasteiger partial charge < -0.3 is 54.0 Å². The fraction of sp³-hybridized carbons (Fsp3) is 0.867. The highest BCUT2D eigenvalue weighted by atomic mass is 19.4. The van der Waals surface area contributed by atoms with Gasteiger partial charge in [-0.25, -0.2) is 0 Å². The normalized spacial score (nSPS) is 32.3. The van der Waals surface area contributed by atoms with Crippen molar-refractivity contribution in [2.45, 2.75) is 333 Å². The smallest absolute Gasteiger partial charge is 0.421 e. The van der Waals surface area contributed by atoms with Crippen LogP contribution in [0.1, 0.15) is 263 Å². The number of esters is 4. The Morgan fingerprint density at radius 2 is 1.03 bits per heavy atom. The lowest BCUT2D eigenvalue weighted by molar-refractivity contribution is -0.268. The maximum absolute atomic E-state index is 12.9. The van der Waals surface area contributed by atoms with E-state index in [-0.39, 0.29) is 67.9 Å². The Morgan fingerprint density at radius 3 is 1.43 bits per heavy atom. The summed E-state index contributed by atoms with van der Waals surface area (Å²) in [6.07, 6.45) is -14.3. The Hall–Kier alpha value is -4.23. The van der Waals surface area contributed by atoms with Gasteiger partial charge in [-0.3, -0.25) is 19.2 Å². The molecule has 15 nitrogen and oxygen atoms in total. The number of ether oxygens (including phenoxy) is 6. The SMILES string of the molecule is CCC(C)(C)C(=O)OC12CC3CC(CC(OCCC(C)(O)C(F)(F)F)(C3)C1)C2.CCC(C)(COCCC(C)(O)C(F)(F)F)C(=O)OC.CCC(C)c1ccc(C(C)(O)C(F)(F)F)cc1.CCC1(C)CC(C)(CC(C)(O)C(F)(F)F)OC1=O.CCC1(C)CC2(CC3CC2CC3CC(C)(O)C(F)(F)F)OC1=O. The van der Waals surface area contributed by atoms with Crippen LogP contribution in [0.25, 0.3) is 0 Å². The molecule has 6 aliphatic carbocycles. The Balaban J connectivity index is 0.000000282. The van der Waals surface area contributed by atoms with Gasteiger partial charge in [0, 0.05) is 45.1 Å². The molecular weight excluding hydrogens is 1430 g/mol. The average molecular weight is 1540 g/mol. The number of carbonyl (C=O) groups excluding carboxylic acids is 4. The summed E-state index contributed by atoms with van der Waals surface area (Å²) in [5, 5.41) is 47.6. The Bertz CT molecular complexity index is 3050. The Labute approximate surface area is 607 Å². The number of benzene rings is 1. The molecule has 6 bridgehead atoms. The van der Waals surface area contributed by atoms with Gasteiger partial charge in [-0.1, -0.05) is 65.8 Å². The van der Waals surface area contributed by atoms with Crippen LogP contribution in [0.15, 0.2) is 24.3 Å². The molecule has 0 radical (unpaired) electrons. The van der Waals surface area contributed by atoms with Gasteiger partial charge in [0.05, 0.1) is 47.6 Å². The number of hydrogen-bond acceptors (Lipinski definition) is 15. The highest BCUT2D eigenvalue weighted by Crippen LogP contribution is 2.64. The molecule has 610 valence electrons. The predicted molar refractivity (Wildman–Crippen MR) is 357 cm³/mol. The van der Waals surface area contributed by atoms with Gasteiger partial charge in [-0.15, -0.1) is 0 Å². The van der Waals surface area contributed by atoms with Gasteiger partial charge in [-0.05, 0) is 213 Å². The molecule has 5 N–H and O–H groups in total. The molecule has 1 aromatic carbocycles. The van der Waals surface area contributed by atoms with Crippen LogP contribution in [0.2, 0.25) is 0 Å². The number of fused-ring (bicyclic) bond motifs is 3. The number of carbonyl (C=O) groups is 4. The lowest BCUT2D eigenvalue weighted by atomic mass is 9.52. The van der Waals surface area contributed by atoms with Crippen LogP contribution in [0.3, 0.4) is 0 Å². The second-order valence-electron chi connectivity index (χ2n) is 34.1. The second kappa shape index (κ2) is 32.6. The number of hydrogen-bond donors (Lipinski definition) is 5. The molecule has 2 aliphatic heterocycles. The molecular formula is C75H115F15O15. The molecule has 6 saturated carbocycles. The van der Waals surface area contributed by atoms with E-state index in [1.54, 1.807) is 39.8 Å². The first-order chi connectivity index (χ1) is 47.2. The molecule has 8 aliphatic rings. The lowest BCUT2D eigenvalue weighted by Crippen LogP contribution is -2.62. The summed E-state index contributed by atoms with van der Waals surface area (Å²) in [5.41, 5.74) is -18.5. The molecule has 0 amide bonds. The highest BCUT2D eigenvalue weighted by molar-refractivity contribution is 5.80. The fourth-order valence-corrected chi connectivity index (χ4v) is 15.8. The lowest BCUT2D eigenvalue weighted by Gasteiger charge is -2.61. The van der Waals surface area contributed by atoms with Gasteiger partial charge in [0.1, 0.15) is 16.8 Å². The van der Waals surface area contributed by atoms with Crippen molar-refractivity contribution in [3.63, 3.8) is 0 Å². The minimum absolute atomic E-state index is 0.0515. The summed E-state index contributed by atoms with van der Waals surface area (Å²) in [5.74, 6) is -0.167. The summed E-state index contributed by atoms with van der Waals surface area (Å²) >= 11 is 0. The zero-order valence-electron chi connectivity index (χ0n) is 64.0. The molecule has 105 heavy (non-hydrogen) atoms. The quantitative estimate of drug-likeness (QED) is 0.0297. The van der Waals surface area contributed by atoms with Crippen molar-refractivity contribution < 1.29 is 139 Å². The zero-order valence-corrected chi connectivity index (χ0v) is 64.0. The molecule has 9 rings (SSSR count). The van der Waals surface area contributed by atoms with Crippen molar-refractivity contribution in [1.29, 1.82) is 0 Å². The van der Waals surface area contributed by atoms with E-state index < -0.39 is 134 Å². The summed E-state index contributed by atoms with van der Waals surface area (Å²) in [6, 6.07) is 5.97. The van der Waals surface area contributed by atoms with E-state index in [1.807, 2.05) is 48.5 Å². The van der Waals surface area contributed by atoms with Crippen molar-refractivity contribution >= 4 is 23.9 Å². The first kappa shape index (κ1) is 93.2. The maximum Gasteiger partial charge on any atom is 0.421 e. The van der Waals surface area contributed by atoms with Crippen LogP contribution in [-0.2, 0) is 53.2 Å². The van der Waals surface area contributed by atoms with Crippen LogP contribution < -0.4 is 0 Å². The van der Waals surface area contributed by atoms with Crippen LogP contribution in [0.4, 0.5) is 65.9 Å².